The molecule has 0 aromatic heterocycles. The Morgan fingerprint density at radius 3 is 2.45 bits per heavy atom. The topological polar surface area (TPSA) is 98.7 Å². The van der Waals surface area contributed by atoms with E-state index < -0.39 is 24.0 Å². The van der Waals surface area contributed by atoms with Crippen LogP contribution in [0.2, 0.25) is 0 Å². The highest BCUT2D eigenvalue weighted by Crippen LogP contribution is 2.11. The first-order valence-corrected chi connectivity index (χ1v) is 6.34. The highest BCUT2D eigenvalue weighted by Gasteiger charge is 2.25. The summed E-state index contributed by atoms with van der Waals surface area (Å²) < 4.78 is 0. The van der Waals surface area contributed by atoms with E-state index in [1.165, 1.54) is 6.92 Å². The molecule has 0 saturated carbocycles. The van der Waals surface area contributed by atoms with Crippen molar-refractivity contribution in [1.29, 1.82) is 0 Å². The Labute approximate surface area is 117 Å². The predicted molar refractivity (Wildman–Crippen MR) is 74.3 cm³/mol. The summed E-state index contributed by atoms with van der Waals surface area (Å²) in [5, 5.41) is 23.6. The molecule has 0 heterocycles. The Balaban J connectivity index is 2.42. The van der Waals surface area contributed by atoms with Gasteiger partial charge in [0.1, 0.15) is 0 Å². The Kier molecular flexibility index (Phi) is 5.52. The van der Waals surface area contributed by atoms with Crippen molar-refractivity contribution in [2.75, 3.05) is 6.54 Å². The fraction of sp³-hybridized carbons (Fsp3) is 0.429. The molecule has 2 unspecified atom stereocenters. The summed E-state index contributed by atoms with van der Waals surface area (Å²) in [7, 11) is 0. The molecule has 6 nitrogen and oxygen atoms in total. The quantitative estimate of drug-likeness (QED) is 0.630. The summed E-state index contributed by atoms with van der Waals surface area (Å²) in [6.07, 6.45) is -0.429. The molecular formula is C14H20N2O4. The third-order valence-corrected chi connectivity index (χ3v) is 2.81. The number of aliphatic carboxylic acids is 1. The van der Waals surface area contributed by atoms with Crippen molar-refractivity contribution < 1.29 is 19.8 Å². The maximum Gasteiger partial charge on any atom is 0.315 e. The van der Waals surface area contributed by atoms with Crippen molar-refractivity contribution in [3.05, 3.63) is 35.9 Å². The zero-order chi connectivity index (χ0) is 15.2. The second-order valence-corrected chi connectivity index (χ2v) is 5.03. The second kappa shape index (κ2) is 6.91. The van der Waals surface area contributed by atoms with Gasteiger partial charge in [0, 0.05) is 6.54 Å². The van der Waals surface area contributed by atoms with Crippen LogP contribution in [0.15, 0.2) is 30.3 Å². The number of carbonyl (C=O) groups is 2. The Morgan fingerprint density at radius 2 is 1.90 bits per heavy atom. The molecule has 1 aromatic rings. The molecule has 2 atom stereocenters. The van der Waals surface area contributed by atoms with E-state index in [-0.39, 0.29) is 12.6 Å². The van der Waals surface area contributed by atoms with Crippen molar-refractivity contribution in [3.8, 4) is 0 Å². The van der Waals surface area contributed by atoms with Crippen LogP contribution in [0.1, 0.15) is 31.9 Å². The summed E-state index contributed by atoms with van der Waals surface area (Å²) in [5.41, 5.74) is -0.515. The fourth-order valence-corrected chi connectivity index (χ4v) is 1.73. The second-order valence-electron chi connectivity index (χ2n) is 5.03. The summed E-state index contributed by atoms with van der Waals surface area (Å²) in [6.45, 7) is 3.07. The van der Waals surface area contributed by atoms with Gasteiger partial charge >= 0.3 is 12.0 Å². The van der Waals surface area contributed by atoms with Gasteiger partial charge in [0.25, 0.3) is 0 Å². The molecule has 0 aliphatic heterocycles. The zero-order valence-electron chi connectivity index (χ0n) is 11.6. The minimum absolute atomic E-state index is 0.132. The van der Waals surface area contributed by atoms with E-state index in [0.29, 0.717) is 0 Å². The molecule has 110 valence electrons. The minimum Gasteiger partial charge on any atom is -0.481 e. The van der Waals surface area contributed by atoms with E-state index in [1.54, 1.807) is 0 Å². The first kappa shape index (κ1) is 16.0. The molecule has 0 fully saturated rings. The van der Waals surface area contributed by atoms with E-state index >= 15 is 0 Å². The first-order valence-electron chi connectivity index (χ1n) is 6.34. The highest BCUT2D eigenvalue weighted by molar-refractivity contribution is 5.74. The van der Waals surface area contributed by atoms with Gasteiger partial charge in [0.2, 0.25) is 0 Å². The summed E-state index contributed by atoms with van der Waals surface area (Å²) in [4.78, 5) is 22.2. The Morgan fingerprint density at radius 1 is 1.30 bits per heavy atom. The van der Waals surface area contributed by atoms with Crippen molar-refractivity contribution in [2.45, 2.75) is 31.9 Å². The smallest absolute Gasteiger partial charge is 0.315 e. The van der Waals surface area contributed by atoms with Crippen molar-refractivity contribution in [3.63, 3.8) is 0 Å². The summed E-state index contributed by atoms with van der Waals surface area (Å²) >= 11 is 0. The molecule has 0 bridgehead atoms. The maximum atomic E-state index is 11.7. The highest BCUT2D eigenvalue weighted by atomic mass is 16.4. The monoisotopic (exact) mass is 280 g/mol. The van der Waals surface area contributed by atoms with Crippen LogP contribution in [0.25, 0.3) is 0 Å². The molecule has 0 spiro atoms. The van der Waals surface area contributed by atoms with Gasteiger partial charge in [-0.1, -0.05) is 30.3 Å². The molecule has 0 aliphatic rings. The van der Waals surface area contributed by atoms with Crippen LogP contribution >= 0.6 is 0 Å². The number of carboxylic acid groups (broad SMARTS) is 1. The number of hydrogen-bond acceptors (Lipinski definition) is 3. The Bertz CT molecular complexity index is 460. The lowest BCUT2D eigenvalue weighted by Crippen LogP contribution is -2.46. The molecular weight excluding hydrogens is 260 g/mol. The number of benzene rings is 1. The third kappa shape index (κ3) is 5.71. The predicted octanol–water partition coefficient (Wildman–Crippen LogP) is 1.27. The van der Waals surface area contributed by atoms with Gasteiger partial charge in [0.15, 0.2) is 0 Å². The first-order chi connectivity index (χ1) is 9.30. The van der Waals surface area contributed by atoms with Gasteiger partial charge in [0.05, 0.1) is 18.1 Å². The number of carboxylic acids is 1. The van der Waals surface area contributed by atoms with Gasteiger partial charge < -0.3 is 20.8 Å². The molecule has 6 heteroatoms. The normalized spacial score (nSPS) is 14.9. The van der Waals surface area contributed by atoms with E-state index in [2.05, 4.69) is 10.6 Å². The van der Waals surface area contributed by atoms with E-state index in [9.17, 15) is 14.7 Å². The van der Waals surface area contributed by atoms with Crippen molar-refractivity contribution >= 4 is 12.0 Å². The SMILES string of the molecule is CC(NC(=O)NCC(C)(O)CC(=O)O)c1ccccc1. The third-order valence-electron chi connectivity index (χ3n) is 2.81. The molecule has 4 N–H and O–H groups in total. The van der Waals surface area contributed by atoms with Crippen molar-refractivity contribution in [1.82, 2.24) is 10.6 Å². The van der Waals surface area contributed by atoms with Gasteiger partial charge in [-0.25, -0.2) is 4.79 Å². The number of carbonyl (C=O) groups excluding carboxylic acids is 1. The summed E-state index contributed by atoms with van der Waals surface area (Å²) in [5.74, 6) is -1.12. The molecule has 1 aromatic carbocycles. The molecule has 1 rings (SSSR count). The van der Waals surface area contributed by atoms with E-state index in [4.69, 9.17) is 5.11 Å². The molecule has 2 amide bonds. The van der Waals surface area contributed by atoms with E-state index in [1.807, 2.05) is 37.3 Å². The van der Waals surface area contributed by atoms with Crippen LogP contribution in [-0.4, -0.2) is 34.4 Å². The Hall–Kier alpha value is -2.08. The lowest BCUT2D eigenvalue weighted by molar-refractivity contribution is -0.141. The van der Waals surface area contributed by atoms with Crippen LogP contribution in [-0.2, 0) is 4.79 Å². The van der Waals surface area contributed by atoms with E-state index in [0.717, 1.165) is 5.56 Å². The number of rotatable bonds is 6. The van der Waals surface area contributed by atoms with Gasteiger partial charge in [-0.3, -0.25) is 4.79 Å². The maximum absolute atomic E-state index is 11.7. The minimum atomic E-state index is -1.47. The molecule has 0 radical (unpaired) electrons. The lowest BCUT2D eigenvalue weighted by Gasteiger charge is -2.22. The lowest BCUT2D eigenvalue weighted by atomic mass is 10.0. The summed E-state index contributed by atoms with van der Waals surface area (Å²) in [6, 6.07) is 8.80. The molecule has 0 aliphatic carbocycles. The van der Waals surface area contributed by atoms with Gasteiger partial charge in [-0.2, -0.15) is 0 Å². The average Bonchev–Trinajstić information content (AvgIpc) is 2.36. The van der Waals surface area contributed by atoms with Gasteiger partial charge in [-0.05, 0) is 19.4 Å². The van der Waals surface area contributed by atoms with Crippen LogP contribution in [0.3, 0.4) is 0 Å². The largest absolute Gasteiger partial charge is 0.481 e. The molecule has 0 saturated heterocycles. The van der Waals surface area contributed by atoms with Crippen LogP contribution in [0.5, 0.6) is 0 Å². The van der Waals surface area contributed by atoms with Crippen molar-refractivity contribution in [2.24, 2.45) is 0 Å². The van der Waals surface area contributed by atoms with Crippen LogP contribution < -0.4 is 10.6 Å². The fourth-order valence-electron chi connectivity index (χ4n) is 1.73. The molecule has 20 heavy (non-hydrogen) atoms. The number of amides is 2. The van der Waals surface area contributed by atoms with Crippen LogP contribution in [0, 0.1) is 0 Å². The number of urea groups is 1. The number of hydrogen-bond donors (Lipinski definition) is 4. The standard InChI is InChI=1S/C14H20N2O4/c1-10(11-6-4-3-5-7-11)16-13(19)15-9-14(2,20)8-12(17)18/h3-7,10,20H,8-9H2,1-2H3,(H,17,18)(H2,15,16,19). The number of aliphatic hydroxyl groups is 1. The zero-order valence-corrected chi connectivity index (χ0v) is 11.6. The average molecular weight is 280 g/mol. The van der Waals surface area contributed by atoms with Gasteiger partial charge in [-0.15, -0.1) is 0 Å². The van der Waals surface area contributed by atoms with Crippen LogP contribution in [0.4, 0.5) is 4.79 Å². The number of nitrogens with one attached hydrogen (secondary N) is 2.